The molecule has 10 nitrogen and oxygen atoms in total. The second-order valence-electron chi connectivity index (χ2n) is 8.68. The standard InChI is InChI=1S/C25H22ClN7O.CH2O2/c26-18-6-8-32-15-29-21(22(32)9-18)11-25(34)31-23-10-19(5-7-27-23)28-12-20-14-33-13-17(16-1-2-16)3-4-24(33)30-20;2-1-3/h3-10,13-16H,1-2,11-12H2,(H2,27,28,31,34);1H,(H,2,3). The van der Waals surface area contributed by atoms with Crippen LogP contribution in [0.15, 0.2) is 67.5 Å². The first-order valence-corrected chi connectivity index (χ1v) is 12.1. The molecule has 6 rings (SSSR count). The number of nitrogens with zero attached hydrogens (tertiary/aromatic N) is 5. The van der Waals surface area contributed by atoms with E-state index in [1.165, 1.54) is 18.4 Å². The van der Waals surface area contributed by atoms with Crippen molar-refractivity contribution in [2.75, 3.05) is 10.6 Å². The zero-order valence-electron chi connectivity index (χ0n) is 19.7. The number of anilines is 2. The summed E-state index contributed by atoms with van der Waals surface area (Å²) in [6.07, 6.45) is 12.1. The third-order valence-electron chi connectivity index (χ3n) is 5.98. The van der Waals surface area contributed by atoms with Crippen molar-refractivity contribution in [3.05, 3.63) is 89.5 Å². The van der Waals surface area contributed by atoms with Crippen LogP contribution < -0.4 is 10.6 Å². The van der Waals surface area contributed by atoms with E-state index < -0.39 is 0 Å². The molecule has 0 spiro atoms. The summed E-state index contributed by atoms with van der Waals surface area (Å²) in [4.78, 5) is 34.3. The largest absolute Gasteiger partial charge is 0.483 e. The highest BCUT2D eigenvalue weighted by atomic mass is 35.5. The van der Waals surface area contributed by atoms with Gasteiger partial charge in [0.1, 0.15) is 11.5 Å². The van der Waals surface area contributed by atoms with Gasteiger partial charge in [0.2, 0.25) is 5.91 Å². The number of aromatic nitrogens is 5. The maximum absolute atomic E-state index is 12.6. The van der Waals surface area contributed by atoms with Crippen LogP contribution in [0.3, 0.4) is 0 Å². The molecule has 5 heterocycles. The number of hydrogen-bond donors (Lipinski definition) is 3. The van der Waals surface area contributed by atoms with E-state index in [1.807, 2.05) is 16.7 Å². The fraction of sp³-hybridized carbons (Fsp3) is 0.192. The molecule has 1 amide bonds. The molecule has 11 heteroatoms. The Bertz CT molecular complexity index is 1580. The summed E-state index contributed by atoms with van der Waals surface area (Å²) in [5, 5.41) is 13.7. The molecule has 188 valence electrons. The number of fused-ring (bicyclic) bond motifs is 2. The molecule has 1 aliphatic rings. The van der Waals surface area contributed by atoms with E-state index in [4.69, 9.17) is 21.5 Å². The van der Waals surface area contributed by atoms with Crippen LogP contribution in [0.4, 0.5) is 11.5 Å². The summed E-state index contributed by atoms with van der Waals surface area (Å²) in [7, 11) is 0. The first-order valence-electron chi connectivity index (χ1n) is 11.7. The van der Waals surface area contributed by atoms with E-state index in [0.29, 0.717) is 29.0 Å². The molecule has 5 aromatic rings. The first kappa shape index (κ1) is 24.3. The van der Waals surface area contributed by atoms with Gasteiger partial charge in [-0.25, -0.2) is 15.0 Å². The Balaban J connectivity index is 0.000000892. The minimum atomic E-state index is -0.250. The lowest BCUT2D eigenvalue weighted by molar-refractivity contribution is -0.123. The maximum atomic E-state index is 12.6. The number of nitrogens with one attached hydrogen (secondary N) is 2. The number of imidazole rings is 2. The van der Waals surface area contributed by atoms with Gasteiger partial charge in [-0.1, -0.05) is 17.7 Å². The van der Waals surface area contributed by atoms with Crippen molar-refractivity contribution in [1.29, 1.82) is 0 Å². The average molecular weight is 518 g/mol. The molecule has 0 saturated heterocycles. The molecular weight excluding hydrogens is 494 g/mol. The zero-order chi connectivity index (χ0) is 25.8. The molecule has 0 unspecified atom stereocenters. The lowest BCUT2D eigenvalue weighted by Gasteiger charge is -2.08. The van der Waals surface area contributed by atoms with Crippen LogP contribution >= 0.6 is 11.6 Å². The van der Waals surface area contributed by atoms with Crippen molar-refractivity contribution >= 4 is 46.6 Å². The highest BCUT2D eigenvalue weighted by Crippen LogP contribution is 2.39. The molecule has 1 aliphatic carbocycles. The van der Waals surface area contributed by atoms with Crippen molar-refractivity contribution in [3.63, 3.8) is 0 Å². The minimum Gasteiger partial charge on any atom is -0.483 e. The maximum Gasteiger partial charge on any atom is 0.290 e. The van der Waals surface area contributed by atoms with Crippen LogP contribution in [0.1, 0.15) is 35.7 Å². The zero-order valence-corrected chi connectivity index (χ0v) is 20.5. The van der Waals surface area contributed by atoms with Gasteiger partial charge in [-0.3, -0.25) is 9.59 Å². The van der Waals surface area contributed by atoms with Gasteiger partial charge >= 0.3 is 0 Å². The number of rotatable bonds is 7. The van der Waals surface area contributed by atoms with Gasteiger partial charge in [-0.05, 0) is 48.6 Å². The van der Waals surface area contributed by atoms with Gasteiger partial charge < -0.3 is 24.5 Å². The molecule has 1 saturated carbocycles. The Morgan fingerprint density at radius 1 is 1.14 bits per heavy atom. The van der Waals surface area contributed by atoms with Crippen molar-refractivity contribution in [2.45, 2.75) is 31.7 Å². The number of halogens is 1. The summed E-state index contributed by atoms with van der Waals surface area (Å²) in [5.41, 5.74) is 5.58. The van der Waals surface area contributed by atoms with Crippen molar-refractivity contribution < 1.29 is 14.7 Å². The van der Waals surface area contributed by atoms with Gasteiger partial charge in [0.25, 0.3) is 6.47 Å². The van der Waals surface area contributed by atoms with Crippen LogP contribution in [-0.4, -0.2) is 41.2 Å². The lowest BCUT2D eigenvalue weighted by atomic mass is 10.2. The van der Waals surface area contributed by atoms with Crippen LogP contribution in [-0.2, 0) is 22.6 Å². The second-order valence-corrected chi connectivity index (χ2v) is 9.11. The predicted molar refractivity (Wildman–Crippen MR) is 140 cm³/mol. The quantitative estimate of drug-likeness (QED) is 0.273. The summed E-state index contributed by atoms with van der Waals surface area (Å²) in [6, 6.07) is 11.5. The lowest BCUT2D eigenvalue weighted by Crippen LogP contribution is -2.16. The van der Waals surface area contributed by atoms with Crippen LogP contribution in [0.25, 0.3) is 11.2 Å². The summed E-state index contributed by atoms with van der Waals surface area (Å²) < 4.78 is 3.93. The fourth-order valence-electron chi connectivity index (χ4n) is 4.10. The average Bonchev–Trinajstić information content (AvgIpc) is 3.55. The Morgan fingerprint density at radius 3 is 2.78 bits per heavy atom. The van der Waals surface area contributed by atoms with E-state index in [2.05, 4.69) is 54.5 Å². The third-order valence-corrected chi connectivity index (χ3v) is 6.22. The molecule has 1 fully saturated rings. The molecule has 37 heavy (non-hydrogen) atoms. The first-order chi connectivity index (χ1) is 18.0. The molecule has 0 atom stereocenters. The number of carboxylic acid groups (broad SMARTS) is 1. The summed E-state index contributed by atoms with van der Waals surface area (Å²) in [5.74, 6) is 0.988. The highest BCUT2D eigenvalue weighted by Gasteiger charge is 2.23. The Hall–Kier alpha value is -4.44. The monoisotopic (exact) mass is 517 g/mol. The van der Waals surface area contributed by atoms with Gasteiger partial charge in [0, 0.05) is 41.6 Å². The minimum absolute atomic E-state index is 0.125. The van der Waals surface area contributed by atoms with Gasteiger partial charge in [0.05, 0.1) is 36.2 Å². The summed E-state index contributed by atoms with van der Waals surface area (Å²) in [6.45, 7) is 0.319. The Kier molecular flexibility index (Phi) is 7.00. The fourth-order valence-corrected chi connectivity index (χ4v) is 4.26. The highest BCUT2D eigenvalue weighted by molar-refractivity contribution is 6.30. The topological polar surface area (TPSA) is 126 Å². The Morgan fingerprint density at radius 2 is 1.97 bits per heavy atom. The molecule has 5 aromatic heterocycles. The molecular formula is C26H24ClN7O3. The van der Waals surface area contributed by atoms with E-state index in [9.17, 15) is 4.79 Å². The predicted octanol–water partition coefficient (Wildman–Crippen LogP) is 4.40. The second kappa shape index (κ2) is 10.7. The van der Waals surface area contributed by atoms with E-state index in [0.717, 1.165) is 22.5 Å². The molecule has 0 radical (unpaired) electrons. The number of pyridine rings is 3. The number of carbonyl (C=O) groups excluding carboxylic acids is 1. The Labute approximate surface area is 217 Å². The van der Waals surface area contributed by atoms with Crippen molar-refractivity contribution in [2.24, 2.45) is 0 Å². The van der Waals surface area contributed by atoms with Gasteiger partial charge in [-0.2, -0.15) is 0 Å². The van der Waals surface area contributed by atoms with Crippen LogP contribution in [0.5, 0.6) is 0 Å². The van der Waals surface area contributed by atoms with Crippen molar-refractivity contribution in [3.8, 4) is 0 Å². The van der Waals surface area contributed by atoms with Gasteiger partial charge in [-0.15, -0.1) is 0 Å². The third kappa shape index (κ3) is 5.87. The SMILES string of the molecule is O=C(Cc1ncn2ccc(Cl)cc12)Nc1cc(NCc2cn3cc(C4CC4)ccc3n2)ccn1.O=CO. The smallest absolute Gasteiger partial charge is 0.290 e. The molecule has 0 bridgehead atoms. The number of hydrogen-bond acceptors (Lipinski definition) is 6. The summed E-state index contributed by atoms with van der Waals surface area (Å²) >= 11 is 6.09. The molecule has 3 N–H and O–H groups in total. The number of amides is 1. The van der Waals surface area contributed by atoms with Gasteiger partial charge in [0.15, 0.2) is 0 Å². The van der Waals surface area contributed by atoms with E-state index >= 15 is 0 Å². The van der Waals surface area contributed by atoms with E-state index in [1.54, 1.807) is 30.7 Å². The van der Waals surface area contributed by atoms with Crippen LogP contribution in [0.2, 0.25) is 5.02 Å². The normalized spacial score (nSPS) is 12.7. The molecule has 0 aliphatic heterocycles. The van der Waals surface area contributed by atoms with Crippen LogP contribution in [0, 0.1) is 0 Å². The number of carbonyl (C=O) groups is 2. The molecule has 0 aromatic carbocycles. The van der Waals surface area contributed by atoms with Crippen molar-refractivity contribution in [1.82, 2.24) is 23.8 Å². The van der Waals surface area contributed by atoms with E-state index in [-0.39, 0.29) is 18.8 Å².